The van der Waals surface area contributed by atoms with E-state index >= 15 is 0 Å². The third-order valence-electron chi connectivity index (χ3n) is 3.80. The van der Waals surface area contributed by atoms with Gasteiger partial charge in [-0.05, 0) is 31.6 Å². The molecule has 19 heavy (non-hydrogen) atoms. The van der Waals surface area contributed by atoms with Crippen molar-refractivity contribution in [3.63, 3.8) is 0 Å². The second-order valence-corrected chi connectivity index (χ2v) is 5.04. The van der Waals surface area contributed by atoms with Crippen LogP contribution in [0.15, 0.2) is 0 Å². The molecule has 1 heterocycles. The molecule has 0 spiro atoms. The third kappa shape index (κ3) is 2.74. The topological polar surface area (TPSA) is 93.0 Å². The number of nitro groups is 1. The summed E-state index contributed by atoms with van der Waals surface area (Å²) in [6.07, 6.45) is 3.43. The van der Waals surface area contributed by atoms with Gasteiger partial charge in [-0.15, -0.1) is 0 Å². The van der Waals surface area contributed by atoms with Crippen molar-refractivity contribution >= 4 is 17.5 Å². The molecule has 2 N–H and O–H groups in total. The predicted octanol–water partition coefficient (Wildman–Crippen LogP) is 2.34. The third-order valence-corrected chi connectivity index (χ3v) is 3.80. The summed E-state index contributed by atoms with van der Waals surface area (Å²) in [5, 5.41) is 17.1. The average Bonchev–Trinajstić information content (AvgIpc) is 3.15. The van der Waals surface area contributed by atoms with Crippen LogP contribution in [0.4, 0.5) is 17.5 Å². The van der Waals surface area contributed by atoms with Crippen LogP contribution in [0.2, 0.25) is 0 Å². The fraction of sp³-hybridized carbons (Fsp3) is 0.667. The predicted molar refractivity (Wildman–Crippen MR) is 73.4 cm³/mol. The lowest BCUT2D eigenvalue weighted by atomic mass is 10.0. The van der Waals surface area contributed by atoms with E-state index in [0.29, 0.717) is 22.9 Å². The normalized spacial score (nSPS) is 15.9. The summed E-state index contributed by atoms with van der Waals surface area (Å²) in [6.45, 7) is 4.50. The van der Waals surface area contributed by atoms with Gasteiger partial charge < -0.3 is 10.6 Å². The number of hydrogen-bond donors (Lipinski definition) is 2. The maximum atomic E-state index is 11.1. The number of aromatic nitrogens is 2. The van der Waals surface area contributed by atoms with Gasteiger partial charge in [-0.25, -0.2) is 4.98 Å². The van der Waals surface area contributed by atoms with Crippen LogP contribution < -0.4 is 10.6 Å². The number of nitrogens with zero attached hydrogens (tertiary/aromatic N) is 3. The smallest absolute Gasteiger partial charge is 0.332 e. The van der Waals surface area contributed by atoms with Crippen molar-refractivity contribution in [3.05, 3.63) is 15.8 Å². The van der Waals surface area contributed by atoms with Crippen LogP contribution >= 0.6 is 0 Å². The number of aryl methyl sites for hydroxylation is 1. The Morgan fingerprint density at radius 3 is 2.58 bits per heavy atom. The van der Waals surface area contributed by atoms with E-state index in [9.17, 15) is 10.1 Å². The summed E-state index contributed by atoms with van der Waals surface area (Å²) in [6, 6.07) is 0. The lowest BCUT2D eigenvalue weighted by Gasteiger charge is -2.14. The molecule has 1 aromatic heterocycles. The Morgan fingerprint density at radius 2 is 2.11 bits per heavy atom. The minimum absolute atomic E-state index is 0.0362. The van der Waals surface area contributed by atoms with E-state index in [0.717, 1.165) is 13.0 Å². The van der Waals surface area contributed by atoms with Crippen LogP contribution in [0, 0.1) is 22.5 Å². The fourth-order valence-electron chi connectivity index (χ4n) is 2.12. The maximum absolute atomic E-state index is 11.1. The maximum Gasteiger partial charge on any atom is 0.332 e. The summed E-state index contributed by atoms with van der Waals surface area (Å²) < 4.78 is 0. The molecule has 0 radical (unpaired) electrons. The second kappa shape index (κ2) is 4.99. The van der Waals surface area contributed by atoms with Crippen LogP contribution in [0.1, 0.15) is 31.9 Å². The number of rotatable bonds is 6. The minimum atomic E-state index is -0.428. The van der Waals surface area contributed by atoms with Gasteiger partial charge in [-0.3, -0.25) is 10.1 Å². The van der Waals surface area contributed by atoms with Crippen molar-refractivity contribution in [1.29, 1.82) is 0 Å². The van der Waals surface area contributed by atoms with Crippen LogP contribution in [0.5, 0.6) is 0 Å². The lowest BCUT2D eigenvalue weighted by Crippen LogP contribution is -2.17. The highest BCUT2D eigenvalue weighted by molar-refractivity contribution is 5.60. The van der Waals surface area contributed by atoms with Crippen LogP contribution in [0.25, 0.3) is 0 Å². The van der Waals surface area contributed by atoms with Crippen molar-refractivity contribution in [2.45, 2.75) is 33.1 Å². The molecule has 1 aromatic rings. The van der Waals surface area contributed by atoms with Gasteiger partial charge in [0.1, 0.15) is 5.69 Å². The lowest BCUT2D eigenvalue weighted by molar-refractivity contribution is -0.385. The first-order chi connectivity index (χ1) is 9.01. The molecule has 7 heteroatoms. The molecule has 0 bridgehead atoms. The first kappa shape index (κ1) is 13.5. The largest absolute Gasteiger partial charge is 0.364 e. The minimum Gasteiger partial charge on any atom is -0.364 e. The molecule has 0 aliphatic heterocycles. The summed E-state index contributed by atoms with van der Waals surface area (Å²) >= 11 is 0. The fourth-order valence-corrected chi connectivity index (χ4v) is 2.12. The van der Waals surface area contributed by atoms with Crippen molar-refractivity contribution in [1.82, 2.24) is 9.97 Å². The highest BCUT2D eigenvalue weighted by Crippen LogP contribution is 2.48. The molecule has 104 valence electrons. The Kier molecular flexibility index (Phi) is 3.55. The van der Waals surface area contributed by atoms with Gasteiger partial charge in [-0.1, -0.05) is 6.92 Å². The summed E-state index contributed by atoms with van der Waals surface area (Å²) in [5.41, 5.74) is 0.631. The first-order valence-corrected chi connectivity index (χ1v) is 6.46. The number of anilines is 2. The molecule has 0 saturated heterocycles. The molecule has 2 rings (SSSR count). The van der Waals surface area contributed by atoms with Gasteiger partial charge in [0.15, 0.2) is 0 Å². The summed E-state index contributed by atoms with van der Waals surface area (Å²) in [5.74, 6) is 0.702. The van der Waals surface area contributed by atoms with Gasteiger partial charge in [0.25, 0.3) is 0 Å². The van der Waals surface area contributed by atoms with Crippen LogP contribution in [-0.2, 0) is 0 Å². The van der Waals surface area contributed by atoms with E-state index < -0.39 is 4.92 Å². The highest BCUT2D eigenvalue weighted by Gasteiger charge is 2.40. The van der Waals surface area contributed by atoms with E-state index in [-0.39, 0.29) is 5.69 Å². The molecule has 1 fully saturated rings. The summed E-state index contributed by atoms with van der Waals surface area (Å²) in [4.78, 5) is 18.9. The van der Waals surface area contributed by atoms with Crippen molar-refractivity contribution in [2.75, 3.05) is 24.2 Å². The van der Waals surface area contributed by atoms with Gasteiger partial charge in [0.2, 0.25) is 11.8 Å². The molecular formula is C12H19N5O2. The molecular weight excluding hydrogens is 246 g/mol. The van der Waals surface area contributed by atoms with Crippen molar-refractivity contribution < 1.29 is 4.92 Å². The van der Waals surface area contributed by atoms with E-state index in [1.54, 1.807) is 14.0 Å². The molecule has 0 atom stereocenters. The molecule has 0 unspecified atom stereocenters. The second-order valence-electron chi connectivity index (χ2n) is 5.04. The monoisotopic (exact) mass is 265 g/mol. The van der Waals surface area contributed by atoms with Gasteiger partial charge >= 0.3 is 5.69 Å². The van der Waals surface area contributed by atoms with E-state index in [4.69, 9.17) is 0 Å². The molecule has 1 saturated carbocycles. The standard InChI is InChI=1S/C12H19N5O2/c1-4-12(5-6-12)7-14-10-9(17(18)19)8(2)15-11(13-3)16-10/h4-7H2,1-3H3,(H2,13,14,15,16). The quantitative estimate of drug-likeness (QED) is 0.605. The van der Waals surface area contributed by atoms with Gasteiger partial charge in [-0.2, -0.15) is 4.98 Å². The highest BCUT2D eigenvalue weighted by atomic mass is 16.6. The number of hydrogen-bond acceptors (Lipinski definition) is 6. The Labute approximate surface area is 112 Å². The SMILES string of the molecule is CCC1(CNc2nc(NC)nc(C)c2[N+](=O)[O-])CC1. The zero-order valence-corrected chi connectivity index (χ0v) is 11.5. The van der Waals surface area contributed by atoms with Crippen molar-refractivity contribution in [3.8, 4) is 0 Å². The molecule has 1 aliphatic carbocycles. The molecule has 0 aromatic carbocycles. The van der Waals surface area contributed by atoms with E-state index in [1.807, 2.05) is 0 Å². The van der Waals surface area contributed by atoms with E-state index in [2.05, 4.69) is 27.5 Å². The Balaban J connectivity index is 2.26. The van der Waals surface area contributed by atoms with E-state index in [1.165, 1.54) is 12.8 Å². The average molecular weight is 265 g/mol. The first-order valence-electron chi connectivity index (χ1n) is 6.46. The Bertz CT molecular complexity index is 499. The summed E-state index contributed by atoms with van der Waals surface area (Å²) in [7, 11) is 1.69. The zero-order chi connectivity index (χ0) is 14.0. The zero-order valence-electron chi connectivity index (χ0n) is 11.5. The Hall–Kier alpha value is -1.92. The van der Waals surface area contributed by atoms with Crippen molar-refractivity contribution in [2.24, 2.45) is 5.41 Å². The molecule has 0 amide bonds. The van der Waals surface area contributed by atoms with Crippen LogP contribution in [-0.4, -0.2) is 28.5 Å². The van der Waals surface area contributed by atoms with Crippen LogP contribution in [0.3, 0.4) is 0 Å². The van der Waals surface area contributed by atoms with Gasteiger partial charge in [0.05, 0.1) is 4.92 Å². The Morgan fingerprint density at radius 1 is 1.42 bits per heavy atom. The molecule has 7 nitrogen and oxygen atoms in total. The number of nitrogens with one attached hydrogen (secondary N) is 2. The van der Waals surface area contributed by atoms with Gasteiger partial charge in [0, 0.05) is 13.6 Å². The molecule has 1 aliphatic rings.